The summed E-state index contributed by atoms with van der Waals surface area (Å²) in [6.45, 7) is 2.67. The van der Waals surface area contributed by atoms with Crippen molar-refractivity contribution >= 4 is 22.7 Å². The molecule has 4 aromatic rings. The van der Waals surface area contributed by atoms with Crippen LogP contribution in [0.5, 0.6) is 0 Å². The van der Waals surface area contributed by atoms with E-state index in [1.165, 1.54) is 5.56 Å². The van der Waals surface area contributed by atoms with Crippen LogP contribution in [0.3, 0.4) is 0 Å². The highest BCUT2D eigenvalue weighted by Crippen LogP contribution is 2.24. The highest BCUT2D eigenvalue weighted by Gasteiger charge is 2.18. The molecule has 0 unspecified atom stereocenters. The second kappa shape index (κ2) is 5.98. The van der Waals surface area contributed by atoms with Gasteiger partial charge in [-0.2, -0.15) is 5.10 Å². The van der Waals surface area contributed by atoms with E-state index >= 15 is 0 Å². The molecule has 0 spiro atoms. The van der Waals surface area contributed by atoms with Crippen molar-refractivity contribution in [3.63, 3.8) is 0 Å². The van der Waals surface area contributed by atoms with Gasteiger partial charge in [-0.15, -0.1) is 0 Å². The lowest BCUT2D eigenvalue weighted by molar-refractivity contribution is 0.101. The number of amides is 1. The number of anilines is 1. The van der Waals surface area contributed by atoms with Gasteiger partial charge in [-0.3, -0.25) is 9.48 Å². The van der Waals surface area contributed by atoms with Gasteiger partial charge in [-0.1, -0.05) is 24.3 Å². The molecule has 6 nitrogen and oxygen atoms in total. The van der Waals surface area contributed by atoms with Crippen molar-refractivity contribution in [2.24, 2.45) is 7.05 Å². The molecule has 1 aromatic carbocycles. The van der Waals surface area contributed by atoms with Gasteiger partial charge in [0.15, 0.2) is 5.58 Å². The Labute approximate surface area is 144 Å². The van der Waals surface area contributed by atoms with E-state index in [9.17, 15) is 4.79 Å². The van der Waals surface area contributed by atoms with Crippen LogP contribution in [0, 0.1) is 6.92 Å². The molecule has 6 heteroatoms. The van der Waals surface area contributed by atoms with Gasteiger partial charge in [-0.05, 0) is 18.1 Å². The van der Waals surface area contributed by atoms with Crippen LogP contribution in [0.15, 0.2) is 59.5 Å². The molecule has 1 N–H and O–H groups in total. The van der Waals surface area contributed by atoms with Gasteiger partial charge in [0, 0.05) is 31.9 Å². The molecule has 0 aliphatic heterocycles. The van der Waals surface area contributed by atoms with Gasteiger partial charge in [-0.25, -0.2) is 0 Å². The van der Waals surface area contributed by atoms with Crippen molar-refractivity contribution < 1.29 is 9.21 Å². The molecule has 0 aliphatic carbocycles. The van der Waals surface area contributed by atoms with E-state index in [2.05, 4.69) is 29.5 Å². The first kappa shape index (κ1) is 15.3. The third kappa shape index (κ3) is 2.82. The summed E-state index contributed by atoms with van der Waals surface area (Å²) in [5, 5.41) is 6.96. The molecule has 0 saturated heterocycles. The number of nitrogens with one attached hydrogen (secondary N) is 1. The Morgan fingerprint density at radius 2 is 2.12 bits per heavy atom. The summed E-state index contributed by atoms with van der Waals surface area (Å²) in [5.74, 6) is -0.187. The molecule has 0 aliphatic rings. The van der Waals surface area contributed by atoms with Gasteiger partial charge in [0.2, 0.25) is 0 Å². The Bertz CT molecular complexity index is 1050. The van der Waals surface area contributed by atoms with Crippen LogP contribution in [0.1, 0.15) is 21.6 Å². The smallest absolute Gasteiger partial charge is 0.272 e. The second-order valence-electron chi connectivity index (χ2n) is 6.07. The fourth-order valence-electron chi connectivity index (χ4n) is 2.97. The molecule has 1 amide bonds. The molecule has 126 valence electrons. The molecule has 25 heavy (non-hydrogen) atoms. The fourth-order valence-corrected chi connectivity index (χ4v) is 2.97. The SMILES string of the molecule is Cc1ccccc1Cn1c(C(=O)Nc2cnn(C)c2)cc2occc21. The number of benzene rings is 1. The van der Waals surface area contributed by atoms with Crippen molar-refractivity contribution in [3.05, 3.63) is 71.9 Å². The minimum atomic E-state index is -0.187. The van der Waals surface area contributed by atoms with Crippen LogP contribution in [-0.2, 0) is 13.6 Å². The van der Waals surface area contributed by atoms with E-state index in [0.29, 0.717) is 23.5 Å². The van der Waals surface area contributed by atoms with E-state index in [-0.39, 0.29) is 5.91 Å². The first-order chi connectivity index (χ1) is 12.1. The molecule has 4 rings (SSSR count). The Hall–Kier alpha value is -3.28. The number of hydrogen-bond acceptors (Lipinski definition) is 3. The summed E-state index contributed by atoms with van der Waals surface area (Å²) < 4.78 is 9.12. The maximum Gasteiger partial charge on any atom is 0.272 e. The third-order valence-electron chi connectivity index (χ3n) is 4.31. The summed E-state index contributed by atoms with van der Waals surface area (Å²) in [6.07, 6.45) is 5.02. The Kier molecular flexibility index (Phi) is 3.65. The molecule has 0 fully saturated rings. The molecule has 3 aromatic heterocycles. The number of carbonyl (C=O) groups excluding carboxylic acids is 1. The minimum Gasteiger partial charge on any atom is -0.463 e. The standard InChI is InChI=1S/C19H18N4O2/c1-13-5-3-4-6-14(13)11-23-16-7-8-25-18(16)9-17(23)19(24)21-15-10-20-22(2)12-15/h3-10,12H,11H2,1-2H3,(H,21,24). The monoisotopic (exact) mass is 334 g/mol. The van der Waals surface area contributed by atoms with Gasteiger partial charge in [0.05, 0.1) is 23.7 Å². The zero-order valence-electron chi connectivity index (χ0n) is 14.1. The summed E-state index contributed by atoms with van der Waals surface area (Å²) in [7, 11) is 1.81. The molecular formula is C19H18N4O2. The number of aryl methyl sites for hydroxylation is 2. The molecular weight excluding hydrogens is 316 g/mol. The number of furan rings is 1. The van der Waals surface area contributed by atoms with Crippen LogP contribution in [0.4, 0.5) is 5.69 Å². The number of rotatable bonds is 4. The second-order valence-corrected chi connectivity index (χ2v) is 6.07. The highest BCUT2D eigenvalue weighted by molar-refractivity contribution is 6.05. The van der Waals surface area contributed by atoms with Gasteiger partial charge < -0.3 is 14.3 Å². The molecule has 0 atom stereocenters. The lowest BCUT2D eigenvalue weighted by atomic mass is 10.1. The van der Waals surface area contributed by atoms with Gasteiger partial charge in [0.25, 0.3) is 5.91 Å². The van der Waals surface area contributed by atoms with Crippen molar-refractivity contribution in [1.29, 1.82) is 0 Å². The third-order valence-corrected chi connectivity index (χ3v) is 4.31. The minimum absolute atomic E-state index is 0.187. The van der Waals surface area contributed by atoms with Crippen molar-refractivity contribution in [2.45, 2.75) is 13.5 Å². The molecule has 0 radical (unpaired) electrons. The highest BCUT2D eigenvalue weighted by atomic mass is 16.3. The average molecular weight is 334 g/mol. The van der Waals surface area contributed by atoms with Crippen molar-refractivity contribution in [2.75, 3.05) is 5.32 Å². The predicted molar refractivity (Wildman–Crippen MR) is 95.6 cm³/mol. The number of hydrogen-bond donors (Lipinski definition) is 1. The zero-order chi connectivity index (χ0) is 17.4. The van der Waals surface area contributed by atoms with Crippen LogP contribution in [0.2, 0.25) is 0 Å². The maximum absolute atomic E-state index is 12.8. The normalized spacial score (nSPS) is 11.1. The van der Waals surface area contributed by atoms with Crippen molar-refractivity contribution in [1.82, 2.24) is 14.3 Å². The van der Waals surface area contributed by atoms with E-state index in [0.717, 1.165) is 11.1 Å². The quantitative estimate of drug-likeness (QED) is 0.620. The number of carbonyl (C=O) groups is 1. The van der Waals surface area contributed by atoms with Crippen LogP contribution in [0.25, 0.3) is 11.1 Å². The zero-order valence-corrected chi connectivity index (χ0v) is 14.1. The topological polar surface area (TPSA) is 65.0 Å². The summed E-state index contributed by atoms with van der Waals surface area (Å²) in [5.41, 5.74) is 5.17. The van der Waals surface area contributed by atoms with E-state index in [1.807, 2.05) is 29.8 Å². The fraction of sp³-hybridized carbons (Fsp3) is 0.158. The molecule has 3 heterocycles. The maximum atomic E-state index is 12.8. The van der Waals surface area contributed by atoms with E-state index < -0.39 is 0 Å². The number of fused-ring (bicyclic) bond motifs is 1. The Morgan fingerprint density at radius 3 is 2.88 bits per heavy atom. The largest absolute Gasteiger partial charge is 0.463 e. The number of nitrogens with zero attached hydrogens (tertiary/aromatic N) is 3. The summed E-state index contributed by atoms with van der Waals surface area (Å²) in [6, 6.07) is 11.8. The van der Waals surface area contributed by atoms with Crippen LogP contribution in [-0.4, -0.2) is 20.3 Å². The predicted octanol–water partition coefficient (Wildman–Crippen LogP) is 3.58. The lowest BCUT2D eigenvalue weighted by Crippen LogP contribution is -2.17. The molecule has 0 saturated carbocycles. The summed E-state index contributed by atoms with van der Waals surface area (Å²) >= 11 is 0. The molecule has 0 bridgehead atoms. The van der Waals surface area contributed by atoms with E-state index in [1.54, 1.807) is 29.4 Å². The van der Waals surface area contributed by atoms with E-state index in [4.69, 9.17) is 4.42 Å². The average Bonchev–Trinajstić information content (AvgIpc) is 3.27. The van der Waals surface area contributed by atoms with Crippen LogP contribution < -0.4 is 5.32 Å². The van der Waals surface area contributed by atoms with Crippen LogP contribution >= 0.6 is 0 Å². The summed E-state index contributed by atoms with van der Waals surface area (Å²) in [4.78, 5) is 12.8. The van der Waals surface area contributed by atoms with Gasteiger partial charge in [0.1, 0.15) is 5.69 Å². The number of aromatic nitrogens is 3. The van der Waals surface area contributed by atoms with Crippen molar-refractivity contribution in [3.8, 4) is 0 Å². The Balaban J connectivity index is 1.72. The van der Waals surface area contributed by atoms with Gasteiger partial charge >= 0.3 is 0 Å². The first-order valence-electron chi connectivity index (χ1n) is 8.03. The first-order valence-corrected chi connectivity index (χ1v) is 8.03. The Morgan fingerprint density at radius 1 is 1.28 bits per heavy atom. The lowest BCUT2D eigenvalue weighted by Gasteiger charge is -2.12.